The molecule has 1 heterocycles. The van der Waals surface area contributed by atoms with Crippen molar-refractivity contribution in [3.05, 3.63) is 35.4 Å². The molecule has 1 aliphatic heterocycles. The van der Waals surface area contributed by atoms with Crippen molar-refractivity contribution < 1.29 is 9.59 Å². The zero-order valence-electron chi connectivity index (χ0n) is 11.6. The standard InChI is InChI=1S/C14H19N3O2.ClH/c1-9-7-17(8-10(2)16-9)14(19)12-5-3-4-11(6-12)13(15)18;/h3-6,9-10,16H,7-8H2,1-2H3,(H2,15,18);1H. The third kappa shape index (κ3) is 3.71. The molecule has 2 unspecified atom stereocenters. The Kier molecular flexibility index (Phi) is 5.53. The SMILES string of the molecule is CC1CN(C(=O)c2cccc(C(N)=O)c2)CC(C)N1.Cl. The van der Waals surface area contributed by atoms with Crippen LogP contribution in [-0.4, -0.2) is 41.9 Å². The zero-order chi connectivity index (χ0) is 14.0. The van der Waals surface area contributed by atoms with Gasteiger partial charge in [-0.05, 0) is 32.0 Å². The number of benzene rings is 1. The number of hydrogen-bond donors (Lipinski definition) is 2. The third-order valence-corrected chi connectivity index (χ3v) is 3.24. The highest BCUT2D eigenvalue weighted by Crippen LogP contribution is 2.12. The first kappa shape index (κ1) is 16.5. The van der Waals surface area contributed by atoms with Crippen LogP contribution in [0.1, 0.15) is 34.6 Å². The monoisotopic (exact) mass is 297 g/mol. The van der Waals surface area contributed by atoms with Crippen LogP contribution in [0.5, 0.6) is 0 Å². The summed E-state index contributed by atoms with van der Waals surface area (Å²) in [6.45, 7) is 5.44. The minimum Gasteiger partial charge on any atom is -0.366 e. The van der Waals surface area contributed by atoms with Crippen LogP contribution in [0.25, 0.3) is 0 Å². The first-order valence-corrected chi connectivity index (χ1v) is 6.42. The van der Waals surface area contributed by atoms with E-state index in [1.807, 2.05) is 4.90 Å². The lowest BCUT2D eigenvalue weighted by Gasteiger charge is -2.36. The second-order valence-corrected chi connectivity index (χ2v) is 5.12. The first-order valence-electron chi connectivity index (χ1n) is 6.42. The number of nitrogens with two attached hydrogens (primary N) is 1. The van der Waals surface area contributed by atoms with Crippen molar-refractivity contribution >= 4 is 24.2 Å². The van der Waals surface area contributed by atoms with E-state index in [-0.39, 0.29) is 30.4 Å². The Morgan fingerprint density at radius 1 is 1.20 bits per heavy atom. The van der Waals surface area contributed by atoms with E-state index in [0.717, 1.165) is 0 Å². The molecule has 5 nitrogen and oxygen atoms in total. The van der Waals surface area contributed by atoms with Gasteiger partial charge in [0.05, 0.1) is 0 Å². The van der Waals surface area contributed by atoms with Crippen LogP contribution in [0.4, 0.5) is 0 Å². The molecule has 20 heavy (non-hydrogen) atoms. The summed E-state index contributed by atoms with van der Waals surface area (Å²) in [5, 5.41) is 3.38. The fraction of sp³-hybridized carbons (Fsp3) is 0.429. The van der Waals surface area contributed by atoms with Gasteiger partial charge in [0.2, 0.25) is 5.91 Å². The number of nitrogens with zero attached hydrogens (tertiary/aromatic N) is 1. The summed E-state index contributed by atoms with van der Waals surface area (Å²) >= 11 is 0. The summed E-state index contributed by atoms with van der Waals surface area (Å²) in [6.07, 6.45) is 0. The lowest BCUT2D eigenvalue weighted by atomic mass is 10.1. The van der Waals surface area contributed by atoms with Gasteiger partial charge in [0.25, 0.3) is 5.91 Å². The lowest BCUT2D eigenvalue weighted by molar-refractivity contribution is 0.0674. The molecule has 1 fully saturated rings. The van der Waals surface area contributed by atoms with Gasteiger partial charge in [-0.1, -0.05) is 6.07 Å². The van der Waals surface area contributed by atoms with Crippen LogP contribution in [0.2, 0.25) is 0 Å². The average molecular weight is 298 g/mol. The van der Waals surface area contributed by atoms with Crippen molar-refractivity contribution in [1.82, 2.24) is 10.2 Å². The predicted octanol–water partition coefficient (Wildman–Crippen LogP) is 1.03. The number of halogens is 1. The van der Waals surface area contributed by atoms with Crippen LogP contribution in [0, 0.1) is 0 Å². The molecule has 3 N–H and O–H groups in total. The second kappa shape index (κ2) is 6.72. The summed E-state index contributed by atoms with van der Waals surface area (Å²) in [6, 6.07) is 7.11. The van der Waals surface area contributed by atoms with Crippen LogP contribution < -0.4 is 11.1 Å². The van der Waals surface area contributed by atoms with Gasteiger partial charge in [-0.3, -0.25) is 9.59 Å². The highest BCUT2D eigenvalue weighted by molar-refractivity contribution is 5.99. The molecular formula is C14H20ClN3O2. The Labute approximate surface area is 124 Å². The number of carbonyl (C=O) groups is 2. The van der Waals surface area contributed by atoms with Crippen molar-refractivity contribution in [1.29, 1.82) is 0 Å². The van der Waals surface area contributed by atoms with Gasteiger partial charge in [0.15, 0.2) is 0 Å². The Hall–Kier alpha value is -1.59. The van der Waals surface area contributed by atoms with Gasteiger partial charge >= 0.3 is 0 Å². The van der Waals surface area contributed by atoms with Crippen LogP contribution >= 0.6 is 12.4 Å². The van der Waals surface area contributed by atoms with E-state index in [1.54, 1.807) is 24.3 Å². The number of piperazine rings is 1. The Morgan fingerprint density at radius 3 is 2.30 bits per heavy atom. The van der Waals surface area contributed by atoms with E-state index in [9.17, 15) is 9.59 Å². The molecule has 0 aromatic heterocycles. The number of nitrogens with one attached hydrogen (secondary N) is 1. The van der Waals surface area contributed by atoms with E-state index >= 15 is 0 Å². The molecule has 2 amide bonds. The highest BCUT2D eigenvalue weighted by Gasteiger charge is 2.25. The molecule has 1 aromatic rings. The van der Waals surface area contributed by atoms with E-state index < -0.39 is 5.91 Å². The quantitative estimate of drug-likeness (QED) is 0.856. The number of carbonyl (C=O) groups excluding carboxylic acids is 2. The maximum Gasteiger partial charge on any atom is 0.253 e. The van der Waals surface area contributed by atoms with Crippen molar-refractivity contribution in [3.8, 4) is 0 Å². The third-order valence-electron chi connectivity index (χ3n) is 3.24. The Morgan fingerprint density at radius 2 is 1.75 bits per heavy atom. The molecule has 0 radical (unpaired) electrons. The fourth-order valence-electron chi connectivity index (χ4n) is 2.48. The summed E-state index contributed by atoms with van der Waals surface area (Å²) < 4.78 is 0. The minimum absolute atomic E-state index is 0. The highest BCUT2D eigenvalue weighted by atomic mass is 35.5. The van der Waals surface area contributed by atoms with Gasteiger partial charge in [-0.15, -0.1) is 12.4 Å². The number of primary amides is 1. The van der Waals surface area contributed by atoms with E-state index in [4.69, 9.17) is 5.73 Å². The molecule has 1 saturated heterocycles. The molecule has 0 spiro atoms. The van der Waals surface area contributed by atoms with Gasteiger partial charge in [-0.25, -0.2) is 0 Å². The second-order valence-electron chi connectivity index (χ2n) is 5.12. The van der Waals surface area contributed by atoms with E-state index in [0.29, 0.717) is 24.2 Å². The van der Waals surface area contributed by atoms with Crippen molar-refractivity contribution in [2.75, 3.05) is 13.1 Å². The number of rotatable bonds is 2. The molecule has 6 heteroatoms. The van der Waals surface area contributed by atoms with Gasteiger partial charge in [0.1, 0.15) is 0 Å². The van der Waals surface area contributed by atoms with Crippen molar-refractivity contribution in [2.45, 2.75) is 25.9 Å². The van der Waals surface area contributed by atoms with Crippen LogP contribution in [0.15, 0.2) is 24.3 Å². The number of amides is 2. The average Bonchev–Trinajstić information content (AvgIpc) is 2.37. The zero-order valence-corrected chi connectivity index (χ0v) is 12.4. The lowest BCUT2D eigenvalue weighted by Crippen LogP contribution is -2.55. The minimum atomic E-state index is -0.517. The van der Waals surface area contributed by atoms with Gasteiger partial charge in [0, 0.05) is 36.3 Å². The summed E-state index contributed by atoms with van der Waals surface area (Å²) in [7, 11) is 0. The molecule has 110 valence electrons. The Balaban J connectivity index is 0.00000200. The normalized spacial score (nSPS) is 22.0. The molecule has 0 aliphatic carbocycles. The largest absolute Gasteiger partial charge is 0.366 e. The van der Waals surface area contributed by atoms with Gasteiger partial charge in [-0.2, -0.15) is 0 Å². The molecule has 2 rings (SSSR count). The fourth-order valence-corrected chi connectivity index (χ4v) is 2.48. The molecule has 0 bridgehead atoms. The molecule has 0 saturated carbocycles. The smallest absolute Gasteiger partial charge is 0.253 e. The molecule has 1 aromatic carbocycles. The van der Waals surface area contributed by atoms with Gasteiger partial charge < -0.3 is 16.0 Å². The maximum absolute atomic E-state index is 12.4. The predicted molar refractivity (Wildman–Crippen MR) is 80.2 cm³/mol. The summed E-state index contributed by atoms with van der Waals surface area (Å²) in [5.41, 5.74) is 6.11. The molecule has 1 aliphatic rings. The number of hydrogen-bond acceptors (Lipinski definition) is 3. The maximum atomic E-state index is 12.4. The van der Waals surface area contributed by atoms with Crippen molar-refractivity contribution in [2.24, 2.45) is 5.73 Å². The topological polar surface area (TPSA) is 75.4 Å². The van der Waals surface area contributed by atoms with Crippen LogP contribution in [0.3, 0.4) is 0 Å². The van der Waals surface area contributed by atoms with E-state index in [2.05, 4.69) is 19.2 Å². The van der Waals surface area contributed by atoms with Crippen LogP contribution in [-0.2, 0) is 0 Å². The Bertz CT molecular complexity index is 497. The molecular weight excluding hydrogens is 278 g/mol. The molecule has 2 atom stereocenters. The van der Waals surface area contributed by atoms with E-state index in [1.165, 1.54) is 0 Å². The summed E-state index contributed by atoms with van der Waals surface area (Å²) in [5.74, 6) is -0.569. The van der Waals surface area contributed by atoms with Crippen molar-refractivity contribution in [3.63, 3.8) is 0 Å². The first-order chi connectivity index (χ1) is 8.97. The summed E-state index contributed by atoms with van der Waals surface area (Å²) in [4.78, 5) is 25.4.